The van der Waals surface area contributed by atoms with Crippen molar-refractivity contribution in [3.8, 4) is 5.75 Å². The van der Waals surface area contributed by atoms with Crippen LogP contribution in [0.3, 0.4) is 0 Å². The smallest absolute Gasteiger partial charge is 0.338 e. The van der Waals surface area contributed by atoms with Crippen molar-refractivity contribution in [3.63, 3.8) is 0 Å². The highest BCUT2D eigenvalue weighted by molar-refractivity contribution is 6.31. The molecule has 1 amide bonds. The van der Waals surface area contributed by atoms with Gasteiger partial charge in [-0.15, -0.1) is 0 Å². The van der Waals surface area contributed by atoms with Gasteiger partial charge in [-0.3, -0.25) is 4.79 Å². The summed E-state index contributed by atoms with van der Waals surface area (Å²) in [6, 6.07) is 11.8. The van der Waals surface area contributed by atoms with E-state index < -0.39 is 11.9 Å². The molecule has 6 nitrogen and oxygen atoms in total. The van der Waals surface area contributed by atoms with Gasteiger partial charge in [0.25, 0.3) is 5.91 Å². The molecular formula is C21H22ClNO5. The molecule has 1 aliphatic heterocycles. The number of anilines is 1. The maximum Gasteiger partial charge on any atom is 0.338 e. The number of carbonyl (C=O) groups excluding carboxylic acids is 2. The van der Waals surface area contributed by atoms with Gasteiger partial charge >= 0.3 is 5.97 Å². The first-order valence-corrected chi connectivity index (χ1v) is 9.46. The number of ether oxygens (including phenoxy) is 3. The fourth-order valence-electron chi connectivity index (χ4n) is 2.73. The van der Waals surface area contributed by atoms with Crippen LogP contribution < -0.4 is 10.1 Å². The Kier molecular flexibility index (Phi) is 6.90. The summed E-state index contributed by atoms with van der Waals surface area (Å²) in [6.07, 6.45) is 2.19. The van der Waals surface area contributed by atoms with Gasteiger partial charge in [-0.05, 0) is 61.7 Å². The number of halogens is 1. The van der Waals surface area contributed by atoms with Crippen molar-refractivity contribution >= 4 is 29.2 Å². The number of aryl methyl sites for hydroxylation is 1. The lowest BCUT2D eigenvalue weighted by Crippen LogP contribution is -2.21. The molecule has 1 saturated heterocycles. The predicted molar refractivity (Wildman–Crippen MR) is 106 cm³/mol. The molecule has 0 saturated carbocycles. The van der Waals surface area contributed by atoms with Gasteiger partial charge < -0.3 is 19.5 Å². The van der Waals surface area contributed by atoms with E-state index in [1.165, 1.54) is 0 Å². The number of rotatable bonds is 7. The van der Waals surface area contributed by atoms with E-state index in [9.17, 15) is 9.59 Å². The highest BCUT2D eigenvalue weighted by Crippen LogP contribution is 2.20. The summed E-state index contributed by atoms with van der Waals surface area (Å²) < 4.78 is 16.2. The Labute approximate surface area is 168 Å². The van der Waals surface area contributed by atoms with Crippen LogP contribution in [0.4, 0.5) is 5.69 Å². The minimum absolute atomic E-state index is 0.131. The highest BCUT2D eigenvalue weighted by Gasteiger charge is 2.16. The average molecular weight is 404 g/mol. The van der Waals surface area contributed by atoms with Crippen LogP contribution in [0.15, 0.2) is 42.5 Å². The summed E-state index contributed by atoms with van der Waals surface area (Å²) in [5, 5.41) is 3.19. The van der Waals surface area contributed by atoms with Crippen LogP contribution >= 0.6 is 11.6 Å². The van der Waals surface area contributed by atoms with Crippen molar-refractivity contribution in [1.82, 2.24) is 0 Å². The summed E-state index contributed by atoms with van der Waals surface area (Å²) >= 11 is 6.02. The lowest BCUT2D eigenvalue weighted by Gasteiger charge is -2.11. The number of nitrogens with one attached hydrogen (secondary N) is 1. The fourth-order valence-corrected chi connectivity index (χ4v) is 2.91. The van der Waals surface area contributed by atoms with Gasteiger partial charge in [-0.25, -0.2) is 4.79 Å². The third-order valence-electron chi connectivity index (χ3n) is 4.34. The number of benzene rings is 2. The number of amides is 1. The first kappa shape index (κ1) is 20.2. The molecule has 7 heteroatoms. The van der Waals surface area contributed by atoms with Gasteiger partial charge in [0.1, 0.15) is 12.4 Å². The van der Waals surface area contributed by atoms with Gasteiger partial charge in [-0.2, -0.15) is 0 Å². The van der Waals surface area contributed by atoms with Gasteiger partial charge in [0.2, 0.25) is 0 Å². The van der Waals surface area contributed by atoms with E-state index in [0.717, 1.165) is 25.0 Å². The average Bonchev–Trinajstić information content (AvgIpc) is 3.21. The molecule has 3 rings (SSSR count). The quantitative estimate of drug-likeness (QED) is 0.707. The van der Waals surface area contributed by atoms with E-state index in [-0.39, 0.29) is 12.7 Å². The van der Waals surface area contributed by atoms with Gasteiger partial charge in [0.05, 0.1) is 11.7 Å². The minimum Gasteiger partial charge on any atom is -0.491 e. The molecule has 0 aliphatic carbocycles. The summed E-state index contributed by atoms with van der Waals surface area (Å²) in [4.78, 5) is 24.0. The second-order valence-electron chi connectivity index (χ2n) is 6.56. The summed E-state index contributed by atoms with van der Waals surface area (Å²) in [5.74, 6) is -0.367. The van der Waals surface area contributed by atoms with E-state index in [0.29, 0.717) is 28.6 Å². The number of esters is 1. The molecule has 0 radical (unpaired) electrons. The third kappa shape index (κ3) is 5.71. The third-order valence-corrected chi connectivity index (χ3v) is 4.75. The predicted octanol–water partition coefficient (Wildman–Crippen LogP) is 4.00. The fraction of sp³-hybridized carbons (Fsp3) is 0.333. The Morgan fingerprint density at radius 3 is 2.68 bits per heavy atom. The molecule has 0 spiro atoms. The molecule has 0 bridgehead atoms. The van der Waals surface area contributed by atoms with Crippen LogP contribution in [-0.2, 0) is 14.3 Å². The van der Waals surface area contributed by atoms with Crippen molar-refractivity contribution in [3.05, 3.63) is 58.6 Å². The number of carbonyl (C=O) groups is 2. The second-order valence-corrected chi connectivity index (χ2v) is 6.97. The molecule has 148 valence electrons. The van der Waals surface area contributed by atoms with Crippen LogP contribution in [0, 0.1) is 6.92 Å². The summed E-state index contributed by atoms with van der Waals surface area (Å²) in [7, 11) is 0. The molecule has 1 N–H and O–H groups in total. The van der Waals surface area contributed by atoms with Crippen molar-refractivity contribution in [1.29, 1.82) is 0 Å². The van der Waals surface area contributed by atoms with Gasteiger partial charge in [0.15, 0.2) is 6.61 Å². The van der Waals surface area contributed by atoms with E-state index in [1.807, 2.05) is 6.92 Å². The molecule has 1 unspecified atom stereocenters. The highest BCUT2D eigenvalue weighted by atomic mass is 35.5. The molecule has 28 heavy (non-hydrogen) atoms. The van der Waals surface area contributed by atoms with Crippen LogP contribution in [0.25, 0.3) is 0 Å². The minimum atomic E-state index is -0.581. The van der Waals surface area contributed by atoms with Gasteiger partial charge in [0, 0.05) is 17.3 Å². The first-order chi connectivity index (χ1) is 13.5. The van der Waals surface area contributed by atoms with Crippen molar-refractivity contribution in [2.45, 2.75) is 25.9 Å². The van der Waals surface area contributed by atoms with Crippen LogP contribution in [0.5, 0.6) is 5.75 Å². The first-order valence-electron chi connectivity index (χ1n) is 9.09. The largest absolute Gasteiger partial charge is 0.491 e. The Morgan fingerprint density at radius 2 is 2.00 bits per heavy atom. The molecule has 1 aliphatic rings. The normalized spacial score (nSPS) is 15.9. The van der Waals surface area contributed by atoms with Crippen molar-refractivity contribution in [2.75, 3.05) is 25.1 Å². The van der Waals surface area contributed by atoms with E-state index in [4.69, 9.17) is 25.8 Å². The summed E-state index contributed by atoms with van der Waals surface area (Å²) in [6.45, 7) is 2.76. The topological polar surface area (TPSA) is 73.9 Å². The van der Waals surface area contributed by atoms with Crippen LogP contribution in [0.2, 0.25) is 5.02 Å². The molecule has 1 fully saturated rings. The Morgan fingerprint density at radius 1 is 1.21 bits per heavy atom. The van der Waals surface area contributed by atoms with E-state index in [1.54, 1.807) is 42.5 Å². The van der Waals surface area contributed by atoms with E-state index >= 15 is 0 Å². The zero-order valence-electron chi connectivity index (χ0n) is 15.6. The molecule has 1 heterocycles. The molecular weight excluding hydrogens is 382 g/mol. The van der Waals surface area contributed by atoms with Crippen LogP contribution in [0.1, 0.15) is 28.8 Å². The second kappa shape index (κ2) is 9.57. The Bertz CT molecular complexity index is 831. The SMILES string of the molecule is Cc1ccc(NC(=O)COC(=O)c2ccc(OCC3CCCO3)cc2)cc1Cl. The molecule has 1 atom stereocenters. The standard InChI is InChI=1S/C21H22ClNO5/c1-14-4-7-16(11-19(14)22)23-20(24)13-28-21(25)15-5-8-17(9-6-15)27-12-18-3-2-10-26-18/h4-9,11,18H,2-3,10,12-13H2,1H3,(H,23,24). The van der Waals surface area contributed by atoms with Crippen LogP contribution in [-0.4, -0.2) is 37.8 Å². The zero-order chi connectivity index (χ0) is 19.9. The lowest BCUT2D eigenvalue weighted by atomic mass is 10.2. The maximum atomic E-state index is 12.1. The Hall–Kier alpha value is -2.57. The zero-order valence-corrected chi connectivity index (χ0v) is 16.3. The van der Waals surface area contributed by atoms with Crippen molar-refractivity contribution < 1.29 is 23.8 Å². The summed E-state index contributed by atoms with van der Waals surface area (Å²) in [5.41, 5.74) is 1.80. The number of hydrogen-bond acceptors (Lipinski definition) is 5. The maximum absolute atomic E-state index is 12.1. The monoisotopic (exact) mass is 403 g/mol. The molecule has 2 aromatic rings. The van der Waals surface area contributed by atoms with E-state index in [2.05, 4.69) is 5.32 Å². The van der Waals surface area contributed by atoms with Gasteiger partial charge in [-0.1, -0.05) is 17.7 Å². The number of hydrogen-bond donors (Lipinski definition) is 1. The Balaban J connectivity index is 1.44. The lowest BCUT2D eigenvalue weighted by molar-refractivity contribution is -0.119. The van der Waals surface area contributed by atoms with Crippen molar-refractivity contribution in [2.24, 2.45) is 0 Å². The molecule has 2 aromatic carbocycles. The molecule has 0 aromatic heterocycles.